The van der Waals surface area contributed by atoms with E-state index in [9.17, 15) is 15.0 Å². The van der Waals surface area contributed by atoms with E-state index in [0.29, 0.717) is 26.1 Å². The maximum absolute atomic E-state index is 12.5. The first-order valence-corrected chi connectivity index (χ1v) is 8.08. The Morgan fingerprint density at radius 2 is 2.00 bits per heavy atom. The fourth-order valence-electron chi connectivity index (χ4n) is 3.29. The SMILES string of the molecule is O=C(CN1CC[C@H](O)[C@H](CO)C1)N1CCc2ccccc21.O=CO. The van der Waals surface area contributed by atoms with Gasteiger partial charge < -0.3 is 20.2 Å². The Balaban J connectivity index is 0.000000647. The number of hydrogen-bond donors (Lipinski definition) is 3. The Morgan fingerprint density at radius 1 is 1.29 bits per heavy atom. The lowest BCUT2D eigenvalue weighted by molar-refractivity contribution is -0.123. The van der Waals surface area contributed by atoms with Crippen LogP contribution in [0.5, 0.6) is 0 Å². The molecule has 0 bridgehead atoms. The summed E-state index contributed by atoms with van der Waals surface area (Å²) < 4.78 is 0. The summed E-state index contributed by atoms with van der Waals surface area (Å²) in [6.45, 7) is 2.12. The van der Waals surface area contributed by atoms with Gasteiger partial charge in [0.05, 0.1) is 12.6 Å². The van der Waals surface area contributed by atoms with Gasteiger partial charge in [-0.1, -0.05) is 18.2 Å². The number of nitrogens with zero attached hydrogens (tertiary/aromatic N) is 2. The van der Waals surface area contributed by atoms with Crippen LogP contribution in [0.1, 0.15) is 12.0 Å². The van der Waals surface area contributed by atoms with Gasteiger partial charge in [0, 0.05) is 37.8 Å². The number of rotatable bonds is 3. The van der Waals surface area contributed by atoms with Crippen LogP contribution in [0, 0.1) is 5.92 Å². The molecule has 0 aliphatic carbocycles. The van der Waals surface area contributed by atoms with Crippen molar-refractivity contribution in [1.29, 1.82) is 0 Å². The molecule has 1 aromatic carbocycles. The van der Waals surface area contributed by atoms with Gasteiger partial charge in [0.15, 0.2) is 0 Å². The van der Waals surface area contributed by atoms with Crippen LogP contribution in [0.4, 0.5) is 5.69 Å². The van der Waals surface area contributed by atoms with Gasteiger partial charge in [-0.2, -0.15) is 0 Å². The number of amides is 1. The molecule has 7 heteroatoms. The number of anilines is 1. The largest absolute Gasteiger partial charge is 0.483 e. The van der Waals surface area contributed by atoms with Crippen molar-refractivity contribution in [3.05, 3.63) is 29.8 Å². The first kappa shape index (κ1) is 18.4. The third-order valence-electron chi connectivity index (χ3n) is 4.56. The molecule has 3 N–H and O–H groups in total. The minimum Gasteiger partial charge on any atom is -0.483 e. The molecule has 0 saturated carbocycles. The van der Waals surface area contributed by atoms with Crippen LogP contribution in [0.25, 0.3) is 0 Å². The number of aliphatic hydroxyl groups excluding tert-OH is 2. The van der Waals surface area contributed by atoms with Crippen LogP contribution in [0.3, 0.4) is 0 Å². The summed E-state index contributed by atoms with van der Waals surface area (Å²) in [5.74, 6) is -0.0366. The number of piperidine rings is 1. The van der Waals surface area contributed by atoms with E-state index in [4.69, 9.17) is 9.90 Å². The van der Waals surface area contributed by atoms with Gasteiger partial charge >= 0.3 is 0 Å². The Hall–Kier alpha value is -1.96. The minimum atomic E-state index is -0.450. The lowest BCUT2D eigenvalue weighted by Gasteiger charge is -2.35. The lowest BCUT2D eigenvalue weighted by Crippen LogP contribution is -2.48. The second kappa shape index (κ2) is 8.77. The number of likely N-dealkylation sites (tertiary alicyclic amines) is 1. The van der Waals surface area contributed by atoms with E-state index < -0.39 is 6.10 Å². The zero-order valence-electron chi connectivity index (χ0n) is 13.5. The van der Waals surface area contributed by atoms with Crippen molar-refractivity contribution >= 4 is 18.1 Å². The molecular weight excluding hydrogens is 312 g/mol. The van der Waals surface area contributed by atoms with Gasteiger partial charge in [-0.25, -0.2) is 0 Å². The fourth-order valence-corrected chi connectivity index (χ4v) is 3.29. The number of carboxylic acid groups (broad SMARTS) is 1. The van der Waals surface area contributed by atoms with Crippen molar-refractivity contribution in [2.45, 2.75) is 18.9 Å². The molecule has 1 amide bonds. The van der Waals surface area contributed by atoms with Gasteiger partial charge in [-0.3, -0.25) is 14.5 Å². The Labute approximate surface area is 141 Å². The highest BCUT2D eigenvalue weighted by Crippen LogP contribution is 2.27. The molecule has 2 aliphatic heterocycles. The molecule has 0 radical (unpaired) electrons. The third kappa shape index (κ3) is 4.31. The van der Waals surface area contributed by atoms with Crippen molar-refractivity contribution in [3.63, 3.8) is 0 Å². The minimum absolute atomic E-state index is 0.0294. The van der Waals surface area contributed by atoms with E-state index in [2.05, 4.69) is 6.07 Å². The van der Waals surface area contributed by atoms with Gasteiger partial charge in [0.1, 0.15) is 0 Å². The van der Waals surface area contributed by atoms with Crippen molar-refractivity contribution in [1.82, 2.24) is 4.90 Å². The number of carbonyl (C=O) groups is 2. The molecule has 2 atom stereocenters. The van der Waals surface area contributed by atoms with Crippen molar-refractivity contribution in [3.8, 4) is 0 Å². The monoisotopic (exact) mass is 336 g/mol. The smallest absolute Gasteiger partial charge is 0.290 e. The number of aliphatic hydroxyl groups is 2. The quantitative estimate of drug-likeness (QED) is 0.669. The van der Waals surface area contributed by atoms with Crippen LogP contribution in [-0.4, -0.2) is 71.5 Å². The van der Waals surface area contributed by atoms with Crippen molar-refractivity contribution in [2.24, 2.45) is 5.92 Å². The van der Waals surface area contributed by atoms with Crippen LogP contribution in [0.15, 0.2) is 24.3 Å². The maximum Gasteiger partial charge on any atom is 0.290 e. The molecule has 1 aromatic rings. The number of benzene rings is 1. The lowest BCUT2D eigenvalue weighted by atomic mass is 9.95. The summed E-state index contributed by atoms with van der Waals surface area (Å²) >= 11 is 0. The van der Waals surface area contributed by atoms with Crippen LogP contribution in [0.2, 0.25) is 0 Å². The fraction of sp³-hybridized carbons (Fsp3) is 0.529. The molecule has 0 aromatic heterocycles. The molecule has 7 nitrogen and oxygen atoms in total. The third-order valence-corrected chi connectivity index (χ3v) is 4.56. The summed E-state index contributed by atoms with van der Waals surface area (Å²) in [7, 11) is 0. The van der Waals surface area contributed by atoms with E-state index in [0.717, 1.165) is 18.7 Å². The van der Waals surface area contributed by atoms with E-state index in [1.165, 1.54) is 5.56 Å². The van der Waals surface area contributed by atoms with Gasteiger partial charge in [0.25, 0.3) is 6.47 Å². The van der Waals surface area contributed by atoms with E-state index >= 15 is 0 Å². The Bertz CT molecular complexity index is 566. The topological polar surface area (TPSA) is 101 Å². The maximum atomic E-state index is 12.5. The molecule has 0 unspecified atom stereocenters. The second-order valence-electron chi connectivity index (χ2n) is 6.06. The molecular formula is C17H24N2O5. The Morgan fingerprint density at radius 3 is 2.71 bits per heavy atom. The van der Waals surface area contributed by atoms with Gasteiger partial charge in [-0.15, -0.1) is 0 Å². The molecule has 3 rings (SSSR count). The number of carbonyl (C=O) groups excluding carboxylic acids is 1. The van der Waals surface area contributed by atoms with Gasteiger partial charge in [0.2, 0.25) is 5.91 Å². The number of fused-ring (bicyclic) bond motifs is 1. The number of para-hydroxylation sites is 1. The van der Waals surface area contributed by atoms with Crippen LogP contribution in [-0.2, 0) is 16.0 Å². The highest BCUT2D eigenvalue weighted by Gasteiger charge is 2.30. The summed E-state index contributed by atoms with van der Waals surface area (Å²) in [6.07, 6.45) is 1.09. The van der Waals surface area contributed by atoms with Crippen molar-refractivity contribution in [2.75, 3.05) is 37.7 Å². The molecule has 2 heterocycles. The predicted octanol–water partition coefficient (Wildman–Crippen LogP) is -0.0484. The van der Waals surface area contributed by atoms with Crippen LogP contribution >= 0.6 is 0 Å². The zero-order chi connectivity index (χ0) is 17.5. The molecule has 2 aliphatic rings. The molecule has 1 fully saturated rings. The second-order valence-corrected chi connectivity index (χ2v) is 6.06. The summed E-state index contributed by atoms with van der Waals surface area (Å²) in [5, 5.41) is 25.9. The Kier molecular flexibility index (Phi) is 6.72. The molecule has 1 saturated heterocycles. The summed E-state index contributed by atoms with van der Waals surface area (Å²) in [5.41, 5.74) is 2.26. The standard InChI is InChI=1S/C16H22N2O3.CH2O2/c19-11-13-9-17(7-6-15(13)20)10-16(21)18-8-5-12-3-1-2-4-14(12)18;2-1-3/h1-4,13,15,19-20H,5-11H2;1H,(H,2,3)/t13-,15-;/m0./s1. The zero-order valence-corrected chi connectivity index (χ0v) is 13.5. The summed E-state index contributed by atoms with van der Waals surface area (Å²) in [6, 6.07) is 8.03. The highest BCUT2D eigenvalue weighted by atomic mass is 16.3. The predicted molar refractivity (Wildman–Crippen MR) is 88.8 cm³/mol. The highest BCUT2D eigenvalue weighted by molar-refractivity contribution is 5.96. The molecule has 0 spiro atoms. The molecule has 24 heavy (non-hydrogen) atoms. The normalized spacial score (nSPS) is 23.2. The summed E-state index contributed by atoms with van der Waals surface area (Å²) in [4.78, 5) is 24.8. The molecule has 132 valence electrons. The van der Waals surface area contributed by atoms with Crippen molar-refractivity contribution < 1.29 is 24.9 Å². The van der Waals surface area contributed by atoms with E-state index in [1.807, 2.05) is 28.0 Å². The van der Waals surface area contributed by atoms with E-state index in [-0.39, 0.29) is 24.9 Å². The average molecular weight is 336 g/mol. The van der Waals surface area contributed by atoms with E-state index in [1.54, 1.807) is 0 Å². The first-order chi connectivity index (χ1) is 11.6. The van der Waals surface area contributed by atoms with Gasteiger partial charge in [-0.05, 0) is 24.5 Å². The van der Waals surface area contributed by atoms with Crippen LogP contribution < -0.4 is 4.90 Å². The average Bonchev–Trinajstić information content (AvgIpc) is 3.01. The first-order valence-electron chi connectivity index (χ1n) is 8.08. The number of hydrogen-bond acceptors (Lipinski definition) is 5.